The first kappa shape index (κ1) is 19.4. The summed E-state index contributed by atoms with van der Waals surface area (Å²) in [6.45, 7) is 2.92. The largest absolute Gasteiger partial charge is 0.336 e. The van der Waals surface area contributed by atoms with Gasteiger partial charge in [-0.1, -0.05) is 17.3 Å². The van der Waals surface area contributed by atoms with Crippen molar-refractivity contribution in [2.24, 2.45) is 0 Å². The van der Waals surface area contributed by atoms with E-state index in [1.807, 2.05) is 0 Å². The van der Waals surface area contributed by atoms with Crippen molar-refractivity contribution >= 4 is 17.5 Å². The van der Waals surface area contributed by atoms with Gasteiger partial charge >= 0.3 is 0 Å². The number of rotatable bonds is 4. The van der Waals surface area contributed by atoms with Crippen LogP contribution < -0.4 is 4.90 Å². The summed E-state index contributed by atoms with van der Waals surface area (Å²) >= 11 is 0. The number of halogens is 2. The fraction of sp³-hybridized carbons (Fsp3) is 0.0909. The van der Waals surface area contributed by atoms with Gasteiger partial charge in [0.25, 0.3) is 0 Å². The van der Waals surface area contributed by atoms with Gasteiger partial charge in [0.05, 0.1) is 16.9 Å². The van der Waals surface area contributed by atoms with Crippen molar-refractivity contribution in [3.8, 4) is 22.5 Å². The fourth-order valence-electron chi connectivity index (χ4n) is 3.15. The van der Waals surface area contributed by atoms with E-state index in [2.05, 4.69) is 15.1 Å². The molecule has 0 atom stereocenters. The molecule has 0 saturated heterocycles. The molecule has 0 unspecified atom stereocenters. The molecule has 0 saturated carbocycles. The Balaban J connectivity index is 1.98. The molecule has 0 aliphatic rings. The first-order valence-corrected chi connectivity index (χ1v) is 9.05. The second-order valence-corrected chi connectivity index (χ2v) is 6.58. The third-order valence-electron chi connectivity index (χ3n) is 4.55. The lowest BCUT2D eigenvalue weighted by atomic mass is 10.0. The summed E-state index contributed by atoms with van der Waals surface area (Å²) < 4.78 is 33.8. The molecule has 2 aromatic carbocycles. The molecule has 2 aromatic heterocycles. The van der Waals surface area contributed by atoms with Crippen molar-refractivity contribution < 1.29 is 18.1 Å². The Hall–Kier alpha value is -3.94. The van der Waals surface area contributed by atoms with Crippen LogP contribution in [0.3, 0.4) is 0 Å². The molecule has 30 heavy (non-hydrogen) atoms. The fourth-order valence-corrected chi connectivity index (χ4v) is 3.15. The van der Waals surface area contributed by atoms with E-state index in [9.17, 15) is 13.6 Å². The Morgan fingerprint density at radius 3 is 2.53 bits per heavy atom. The smallest absolute Gasteiger partial charge is 0.248 e. The average molecular weight is 406 g/mol. The number of amides is 1. The zero-order valence-corrected chi connectivity index (χ0v) is 16.1. The first-order chi connectivity index (χ1) is 14.5. The van der Waals surface area contributed by atoms with Gasteiger partial charge in [0.1, 0.15) is 23.7 Å². The highest BCUT2D eigenvalue weighted by Crippen LogP contribution is 2.42. The second-order valence-electron chi connectivity index (χ2n) is 6.58. The molecular weight excluding hydrogens is 390 g/mol. The lowest BCUT2D eigenvalue weighted by Crippen LogP contribution is -2.24. The molecule has 6 nitrogen and oxygen atoms in total. The Morgan fingerprint density at radius 1 is 1.07 bits per heavy atom. The normalized spacial score (nSPS) is 10.8. The maximum atomic E-state index is 14.5. The summed E-state index contributed by atoms with van der Waals surface area (Å²) in [7, 11) is 0. The van der Waals surface area contributed by atoms with Gasteiger partial charge in [-0.3, -0.25) is 4.79 Å². The molecule has 0 aliphatic carbocycles. The summed E-state index contributed by atoms with van der Waals surface area (Å²) in [5.41, 5.74) is 2.12. The molecule has 4 aromatic rings. The number of para-hydroxylation sites is 1. The Labute approximate surface area is 170 Å². The molecule has 0 fully saturated rings. The molecule has 0 N–H and O–H groups in total. The maximum Gasteiger partial charge on any atom is 0.248 e. The minimum absolute atomic E-state index is 0.00304. The van der Waals surface area contributed by atoms with Gasteiger partial charge in [-0.2, -0.15) is 0 Å². The number of hydrogen-bond donors (Lipinski definition) is 0. The predicted molar refractivity (Wildman–Crippen MR) is 107 cm³/mol. The minimum Gasteiger partial charge on any atom is -0.336 e. The van der Waals surface area contributed by atoms with Crippen LogP contribution in [0.4, 0.5) is 20.4 Å². The molecule has 4 rings (SSSR count). The monoisotopic (exact) mass is 406 g/mol. The molecule has 8 heteroatoms. The second kappa shape index (κ2) is 7.82. The Kier molecular flexibility index (Phi) is 5.05. The van der Waals surface area contributed by atoms with E-state index >= 15 is 0 Å². The molecule has 150 valence electrons. The van der Waals surface area contributed by atoms with Crippen molar-refractivity contribution in [3.63, 3.8) is 0 Å². The lowest BCUT2D eigenvalue weighted by molar-refractivity contribution is -0.116. The third-order valence-corrected chi connectivity index (χ3v) is 4.55. The van der Waals surface area contributed by atoms with Crippen molar-refractivity contribution in [1.82, 2.24) is 15.1 Å². The number of aryl methyl sites for hydroxylation is 1. The topological polar surface area (TPSA) is 72.1 Å². The SMILES string of the molecule is CC(=O)N(c1ccccc1F)c1onc(-c2ccc(F)c(C)c2)c1-c1ccncn1. The van der Waals surface area contributed by atoms with Crippen LogP contribution in [-0.4, -0.2) is 21.0 Å². The van der Waals surface area contributed by atoms with Gasteiger partial charge in [0.15, 0.2) is 0 Å². The van der Waals surface area contributed by atoms with E-state index in [-0.39, 0.29) is 17.4 Å². The van der Waals surface area contributed by atoms with E-state index in [1.54, 1.807) is 31.2 Å². The minimum atomic E-state index is -0.600. The summed E-state index contributed by atoms with van der Waals surface area (Å²) in [5, 5.41) is 4.12. The van der Waals surface area contributed by atoms with E-state index in [0.717, 1.165) is 4.90 Å². The number of anilines is 2. The van der Waals surface area contributed by atoms with E-state index in [1.165, 1.54) is 43.7 Å². The van der Waals surface area contributed by atoms with Crippen LogP contribution in [0.5, 0.6) is 0 Å². The standard InChI is InChI=1S/C22H16F2N4O2/c1-13-11-15(7-8-16(13)23)21-20(18-9-10-25-12-26-18)22(30-27-21)28(14(2)29)19-6-4-3-5-17(19)24/h3-12H,1-2H3. The van der Waals surface area contributed by atoms with Gasteiger partial charge in [-0.25, -0.2) is 23.6 Å². The van der Waals surface area contributed by atoms with Crippen LogP contribution in [0.25, 0.3) is 22.5 Å². The summed E-state index contributed by atoms with van der Waals surface area (Å²) in [6, 6.07) is 12.0. The quantitative estimate of drug-likeness (QED) is 0.473. The maximum absolute atomic E-state index is 14.5. The van der Waals surface area contributed by atoms with Gasteiger partial charge in [0, 0.05) is 18.7 Å². The highest BCUT2D eigenvalue weighted by atomic mass is 19.1. The number of aromatic nitrogens is 3. The molecular formula is C22H16F2N4O2. The third kappa shape index (κ3) is 3.43. The first-order valence-electron chi connectivity index (χ1n) is 9.05. The Morgan fingerprint density at radius 2 is 1.87 bits per heavy atom. The van der Waals surface area contributed by atoms with E-state index < -0.39 is 11.7 Å². The molecule has 0 aliphatic heterocycles. The summed E-state index contributed by atoms with van der Waals surface area (Å²) in [4.78, 5) is 21.8. The van der Waals surface area contributed by atoms with Gasteiger partial charge in [-0.15, -0.1) is 0 Å². The summed E-state index contributed by atoms with van der Waals surface area (Å²) in [6.07, 6.45) is 2.87. The van der Waals surface area contributed by atoms with Crippen LogP contribution in [0, 0.1) is 18.6 Å². The highest BCUT2D eigenvalue weighted by Gasteiger charge is 2.29. The molecule has 0 spiro atoms. The van der Waals surface area contributed by atoms with Crippen LogP contribution in [-0.2, 0) is 4.79 Å². The van der Waals surface area contributed by atoms with Gasteiger partial charge in [0.2, 0.25) is 11.8 Å². The van der Waals surface area contributed by atoms with E-state index in [4.69, 9.17) is 4.52 Å². The van der Waals surface area contributed by atoms with Crippen LogP contribution in [0.1, 0.15) is 12.5 Å². The predicted octanol–water partition coefficient (Wildman–Crippen LogP) is 5.07. The number of nitrogens with zero attached hydrogens (tertiary/aromatic N) is 4. The molecule has 0 radical (unpaired) electrons. The highest BCUT2D eigenvalue weighted by molar-refractivity contribution is 6.03. The van der Waals surface area contributed by atoms with Gasteiger partial charge < -0.3 is 4.52 Å². The van der Waals surface area contributed by atoms with Crippen LogP contribution >= 0.6 is 0 Å². The molecule has 1 amide bonds. The zero-order valence-electron chi connectivity index (χ0n) is 16.1. The van der Waals surface area contributed by atoms with Crippen molar-refractivity contribution in [3.05, 3.63) is 78.3 Å². The number of carbonyl (C=O) groups is 1. The van der Waals surface area contributed by atoms with Crippen LogP contribution in [0.15, 0.2) is 65.6 Å². The van der Waals surface area contributed by atoms with Gasteiger partial charge in [-0.05, 0) is 48.9 Å². The van der Waals surface area contributed by atoms with E-state index in [0.29, 0.717) is 28.1 Å². The van der Waals surface area contributed by atoms with Crippen molar-refractivity contribution in [1.29, 1.82) is 0 Å². The number of carbonyl (C=O) groups excluding carboxylic acids is 1. The molecule has 0 bridgehead atoms. The zero-order chi connectivity index (χ0) is 21.3. The van der Waals surface area contributed by atoms with Crippen LogP contribution in [0.2, 0.25) is 0 Å². The van der Waals surface area contributed by atoms with Crippen molar-refractivity contribution in [2.45, 2.75) is 13.8 Å². The Bertz CT molecular complexity index is 1230. The lowest BCUT2D eigenvalue weighted by Gasteiger charge is -2.19. The molecule has 2 heterocycles. The summed E-state index contributed by atoms with van der Waals surface area (Å²) in [5.74, 6) is -1.43. The number of hydrogen-bond acceptors (Lipinski definition) is 5. The number of benzene rings is 2. The average Bonchev–Trinajstić information content (AvgIpc) is 3.16. The van der Waals surface area contributed by atoms with Crippen molar-refractivity contribution in [2.75, 3.05) is 4.90 Å².